The zero-order chi connectivity index (χ0) is 16.1. The van der Waals surface area contributed by atoms with Crippen LogP contribution in [0.1, 0.15) is 43.4 Å². The Balaban J connectivity index is 1.98. The fourth-order valence-corrected chi connectivity index (χ4v) is 4.86. The van der Waals surface area contributed by atoms with Crippen molar-refractivity contribution >= 4 is 11.8 Å². The summed E-state index contributed by atoms with van der Waals surface area (Å²) in [4.78, 5) is 1.37. The predicted molar refractivity (Wildman–Crippen MR) is 97.9 cm³/mol. The molecule has 1 unspecified atom stereocenters. The maximum absolute atomic E-state index is 9.22. The van der Waals surface area contributed by atoms with Crippen molar-refractivity contribution in [2.75, 3.05) is 6.61 Å². The second kappa shape index (κ2) is 8.00. The summed E-state index contributed by atoms with van der Waals surface area (Å²) < 4.78 is 0. The van der Waals surface area contributed by atoms with Gasteiger partial charge in [0.1, 0.15) is 0 Å². The summed E-state index contributed by atoms with van der Waals surface area (Å²) in [7, 11) is 0. The van der Waals surface area contributed by atoms with E-state index in [4.69, 9.17) is 0 Å². The van der Waals surface area contributed by atoms with E-state index in [1.54, 1.807) is 0 Å². The Morgan fingerprint density at radius 1 is 1.04 bits per heavy atom. The van der Waals surface area contributed by atoms with Gasteiger partial charge < -0.3 is 10.4 Å². The number of aliphatic hydroxyl groups is 1. The quantitative estimate of drug-likeness (QED) is 0.854. The van der Waals surface area contributed by atoms with E-state index in [2.05, 4.69) is 66.8 Å². The number of benzene rings is 2. The molecule has 0 saturated carbocycles. The lowest BCUT2D eigenvalue weighted by atomic mass is 9.96. The van der Waals surface area contributed by atoms with E-state index in [-0.39, 0.29) is 12.6 Å². The summed E-state index contributed by atoms with van der Waals surface area (Å²) in [5, 5.41) is 13.6. The number of nitrogens with one attached hydrogen (secondary N) is 1. The standard InChI is InChI=1S/C20H25NOS/c1-2-17-19(13-8-14-22)23-18-12-7-6-11-16(18)20(21-17)15-9-4-3-5-10-15/h3-7,9-12,17,19-22H,2,8,13-14H2,1H3/t17-,19-,20?/m1/s1. The number of thioether (sulfide) groups is 1. The van der Waals surface area contributed by atoms with E-state index < -0.39 is 0 Å². The van der Waals surface area contributed by atoms with Crippen LogP contribution in [-0.2, 0) is 0 Å². The fourth-order valence-electron chi connectivity index (χ4n) is 3.34. The Morgan fingerprint density at radius 3 is 2.52 bits per heavy atom. The maximum atomic E-state index is 9.22. The first-order chi connectivity index (χ1) is 11.3. The molecule has 0 fully saturated rings. The average molecular weight is 327 g/mol. The number of hydrogen-bond donors (Lipinski definition) is 2. The third-order valence-electron chi connectivity index (χ3n) is 4.56. The van der Waals surface area contributed by atoms with E-state index >= 15 is 0 Å². The monoisotopic (exact) mass is 327 g/mol. The van der Waals surface area contributed by atoms with Crippen molar-refractivity contribution in [3.63, 3.8) is 0 Å². The molecule has 122 valence electrons. The van der Waals surface area contributed by atoms with E-state index in [9.17, 15) is 5.11 Å². The van der Waals surface area contributed by atoms with Crippen LogP contribution in [0, 0.1) is 0 Å². The van der Waals surface area contributed by atoms with Gasteiger partial charge in [0.2, 0.25) is 0 Å². The van der Waals surface area contributed by atoms with Crippen molar-refractivity contribution in [1.82, 2.24) is 5.32 Å². The molecule has 0 spiro atoms. The summed E-state index contributed by atoms with van der Waals surface area (Å²) in [6.07, 6.45) is 3.01. The molecule has 1 heterocycles. The molecule has 2 aromatic carbocycles. The van der Waals surface area contributed by atoms with Crippen molar-refractivity contribution in [3.05, 3.63) is 65.7 Å². The molecule has 0 aromatic heterocycles. The number of hydrogen-bond acceptors (Lipinski definition) is 3. The molecular formula is C20H25NOS. The smallest absolute Gasteiger partial charge is 0.0590 e. The highest BCUT2D eigenvalue weighted by Crippen LogP contribution is 2.40. The van der Waals surface area contributed by atoms with Gasteiger partial charge in [-0.15, -0.1) is 11.8 Å². The van der Waals surface area contributed by atoms with Crippen LogP contribution in [0.25, 0.3) is 0 Å². The largest absolute Gasteiger partial charge is 0.396 e. The minimum absolute atomic E-state index is 0.240. The van der Waals surface area contributed by atoms with E-state index in [1.165, 1.54) is 16.0 Å². The van der Waals surface area contributed by atoms with Crippen LogP contribution in [-0.4, -0.2) is 23.0 Å². The van der Waals surface area contributed by atoms with Crippen molar-refractivity contribution in [3.8, 4) is 0 Å². The Labute approximate surface area is 143 Å². The van der Waals surface area contributed by atoms with Crippen LogP contribution in [0.15, 0.2) is 59.5 Å². The molecule has 0 amide bonds. The van der Waals surface area contributed by atoms with Gasteiger partial charge in [-0.2, -0.15) is 0 Å². The van der Waals surface area contributed by atoms with Crippen molar-refractivity contribution in [2.24, 2.45) is 0 Å². The molecule has 3 atom stereocenters. The first-order valence-electron chi connectivity index (χ1n) is 8.51. The zero-order valence-electron chi connectivity index (χ0n) is 13.6. The van der Waals surface area contributed by atoms with Gasteiger partial charge in [0.05, 0.1) is 6.04 Å². The molecule has 0 bridgehead atoms. The van der Waals surface area contributed by atoms with Crippen LogP contribution >= 0.6 is 11.8 Å². The molecule has 1 aliphatic heterocycles. The molecule has 3 heteroatoms. The average Bonchev–Trinajstić information content (AvgIpc) is 2.77. The Hall–Kier alpha value is -1.29. The van der Waals surface area contributed by atoms with Crippen LogP contribution in [0.3, 0.4) is 0 Å². The first kappa shape index (κ1) is 16.6. The number of fused-ring (bicyclic) bond motifs is 1. The molecule has 0 aliphatic carbocycles. The maximum Gasteiger partial charge on any atom is 0.0590 e. The van der Waals surface area contributed by atoms with Gasteiger partial charge >= 0.3 is 0 Å². The molecular weight excluding hydrogens is 302 g/mol. The molecule has 0 saturated heterocycles. The summed E-state index contributed by atoms with van der Waals surface area (Å²) in [6, 6.07) is 20.1. The van der Waals surface area contributed by atoms with E-state index in [0.717, 1.165) is 19.3 Å². The number of aliphatic hydroxyl groups excluding tert-OH is 1. The second-order valence-corrected chi connectivity index (χ2v) is 7.37. The minimum atomic E-state index is 0.240. The van der Waals surface area contributed by atoms with E-state index in [0.29, 0.717) is 11.3 Å². The van der Waals surface area contributed by atoms with Crippen molar-refractivity contribution in [2.45, 2.75) is 48.4 Å². The SMILES string of the molecule is CC[C@H]1NC(c2ccccc2)c2ccccc2S[C@@H]1CCCO. The molecule has 1 aliphatic rings. The van der Waals surface area contributed by atoms with Gasteiger partial charge in [-0.3, -0.25) is 0 Å². The Bertz CT molecular complexity index is 616. The van der Waals surface area contributed by atoms with Crippen molar-refractivity contribution in [1.29, 1.82) is 0 Å². The lowest BCUT2D eigenvalue weighted by Crippen LogP contribution is -2.39. The van der Waals surface area contributed by atoms with Gasteiger partial charge in [-0.25, -0.2) is 0 Å². The molecule has 23 heavy (non-hydrogen) atoms. The second-order valence-electron chi connectivity index (χ2n) is 6.09. The normalized spacial score (nSPS) is 24.0. The fraction of sp³-hybridized carbons (Fsp3) is 0.400. The van der Waals surface area contributed by atoms with Crippen molar-refractivity contribution < 1.29 is 5.11 Å². The van der Waals surface area contributed by atoms with Gasteiger partial charge in [-0.05, 0) is 36.5 Å². The third kappa shape index (κ3) is 3.79. The summed E-state index contributed by atoms with van der Waals surface area (Å²) in [5.41, 5.74) is 2.69. The van der Waals surface area contributed by atoms with E-state index in [1.807, 2.05) is 11.8 Å². The molecule has 2 N–H and O–H groups in total. The van der Waals surface area contributed by atoms with Crippen LogP contribution in [0.2, 0.25) is 0 Å². The first-order valence-corrected chi connectivity index (χ1v) is 9.39. The molecule has 0 radical (unpaired) electrons. The molecule has 2 aromatic rings. The summed E-state index contributed by atoms with van der Waals surface area (Å²) in [5.74, 6) is 0. The van der Waals surface area contributed by atoms with Gasteiger partial charge in [0.15, 0.2) is 0 Å². The summed E-state index contributed by atoms with van der Waals surface area (Å²) in [6.45, 7) is 2.53. The third-order valence-corrected chi connectivity index (χ3v) is 6.05. The lowest BCUT2D eigenvalue weighted by molar-refractivity contribution is 0.279. The highest BCUT2D eigenvalue weighted by molar-refractivity contribution is 8.00. The molecule has 3 rings (SSSR count). The minimum Gasteiger partial charge on any atom is -0.396 e. The predicted octanol–water partition coefficient (Wildman–Crippen LogP) is 4.39. The molecule has 2 nitrogen and oxygen atoms in total. The highest BCUT2D eigenvalue weighted by atomic mass is 32.2. The van der Waals surface area contributed by atoms with Gasteiger partial charge in [0.25, 0.3) is 0 Å². The highest BCUT2D eigenvalue weighted by Gasteiger charge is 2.30. The van der Waals surface area contributed by atoms with Gasteiger partial charge in [-0.1, -0.05) is 55.5 Å². The Morgan fingerprint density at radius 2 is 1.78 bits per heavy atom. The van der Waals surface area contributed by atoms with Crippen LogP contribution in [0.4, 0.5) is 0 Å². The van der Waals surface area contributed by atoms with Crippen LogP contribution in [0.5, 0.6) is 0 Å². The van der Waals surface area contributed by atoms with Crippen LogP contribution < -0.4 is 5.32 Å². The topological polar surface area (TPSA) is 32.3 Å². The van der Waals surface area contributed by atoms with Gasteiger partial charge in [0, 0.05) is 22.8 Å². The zero-order valence-corrected chi connectivity index (χ0v) is 14.4. The summed E-state index contributed by atoms with van der Waals surface area (Å²) >= 11 is 1.98. The number of rotatable bonds is 5. The lowest BCUT2D eigenvalue weighted by Gasteiger charge is -2.27. The Kier molecular flexibility index (Phi) is 5.76.